The number of amides is 2. The van der Waals surface area contributed by atoms with Crippen LogP contribution in [0.4, 0.5) is 10.5 Å². The van der Waals surface area contributed by atoms with Crippen molar-refractivity contribution in [1.29, 1.82) is 0 Å². The lowest BCUT2D eigenvalue weighted by Gasteiger charge is -2.19. The zero-order valence-corrected chi connectivity index (χ0v) is 20.8. The molecule has 2 amide bonds. The lowest BCUT2D eigenvalue weighted by molar-refractivity contribution is -0.118. The molecule has 3 aromatic carbocycles. The molecule has 1 aliphatic rings. The van der Waals surface area contributed by atoms with E-state index in [1.165, 1.54) is 5.56 Å². The van der Waals surface area contributed by atoms with E-state index in [1.807, 2.05) is 78.9 Å². The molecule has 0 radical (unpaired) electrons. The number of benzene rings is 3. The maximum atomic E-state index is 13.0. The Kier molecular flexibility index (Phi) is 9.10. The highest BCUT2D eigenvalue weighted by atomic mass is 79.9. The Hall–Kier alpha value is -2.87. The number of carbonyl (C=O) groups is 2. The SMILES string of the molecule is Cl.N[C@@H]1C[C@H]1c1ccc(NC(=O)C(Cc2ccccc2)NC(=O)OCc2ccc(Br)cc2)cc1. The fourth-order valence-electron chi connectivity index (χ4n) is 3.61. The monoisotopic (exact) mass is 543 g/mol. The van der Waals surface area contributed by atoms with Crippen LogP contribution in [-0.2, 0) is 22.6 Å². The van der Waals surface area contributed by atoms with Crippen LogP contribution in [-0.4, -0.2) is 24.1 Å². The summed E-state index contributed by atoms with van der Waals surface area (Å²) in [6.07, 6.45) is 0.693. The Morgan fingerprint density at radius 2 is 1.62 bits per heavy atom. The smallest absolute Gasteiger partial charge is 0.408 e. The van der Waals surface area contributed by atoms with Gasteiger partial charge >= 0.3 is 6.09 Å². The fourth-order valence-corrected chi connectivity index (χ4v) is 3.88. The zero-order valence-electron chi connectivity index (χ0n) is 18.4. The van der Waals surface area contributed by atoms with Gasteiger partial charge in [-0.3, -0.25) is 4.79 Å². The standard InChI is InChI=1S/C26H26BrN3O3.ClH/c27-20-10-6-18(7-11-20)16-33-26(32)30-24(14-17-4-2-1-3-5-17)25(31)29-21-12-8-19(9-13-21)22-15-23(22)28;/h1-13,22-24H,14-16,28H2,(H,29,31)(H,30,32);1H/t22-,23+,24?;/m0./s1. The lowest BCUT2D eigenvalue weighted by Crippen LogP contribution is -2.45. The number of ether oxygens (including phenoxy) is 1. The highest BCUT2D eigenvalue weighted by Gasteiger charge is 2.34. The van der Waals surface area contributed by atoms with Gasteiger partial charge in [0.2, 0.25) is 5.91 Å². The van der Waals surface area contributed by atoms with Crippen molar-refractivity contribution in [2.45, 2.75) is 37.5 Å². The van der Waals surface area contributed by atoms with Crippen LogP contribution in [0.5, 0.6) is 0 Å². The van der Waals surface area contributed by atoms with Crippen molar-refractivity contribution in [3.8, 4) is 0 Å². The number of carbonyl (C=O) groups excluding carboxylic acids is 2. The average Bonchev–Trinajstić information content (AvgIpc) is 3.56. The second-order valence-corrected chi connectivity index (χ2v) is 9.12. The van der Waals surface area contributed by atoms with E-state index < -0.39 is 12.1 Å². The number of nitrogens with two attached hydrogens (primary N) is 1. The van der Waals surface area contributed by atoms with E-state index in [2.05, 4.69) is 26.6 Å². The highest BCUT2D eigenvalue weighted by molar-refractivity contribution is 9.10. The van der Waals surface area contributed by atoms with Crippen molar-refractivity contribution in [2.24, 2.45) is 5.73 Å². The number of alkyl carbamates (subject to hydrolysis) is 1. The molecule has 0 spiro atoms. The minimum Gasteiger partial charge on any atom is -0.445 e. The Balaban J connectivity index is 0.00000324. The molecule has 1 fully saturated rings. The van der Waals surface area contributed by atoms with Crippen LogP contribution >= 0.6 is 28.3 Å². The number of hydrogen-bond donors (Lipinski definition) is 3. The quantitative estimate of drug-likeness (QED) is 0.365. The van der Waals surface area contributed by atoms with Gasteiger partial charge in [-0.25, -0.2) is 4.79 Å². The van der Waals surface area contributed by atoms with E-state index in [0.29, 0.717) is 18.0 Å². The van der Waals surface area contributed by atoms with Crippen LogP contribution in [0, 0.1) is 0 Å². The zero-order chi connectivity index (χ0) is 23.2. The summed E-state index contributed by atoms with van der Waals surface area (Å²) >= 11 is 3.38. The highest BCUT2D eigenvalue weighted by Crippen LogP contribution is 2.39. The molecule has 34 heavy (non-hydrogen) atoms. The Labute approximate surface area is 213 Å². The number of nitrogens with one attached hydrogen (secondary N) is 2. The molecule has 0 bridgehead atoms. The van der Waals surface area contributed by atoms with Crippen molar-refractivity contribution in [1.82, 2.24) is 5.32 Å². The number of hydrogen-bond acceptors (Lipinski definition) is 4. The Bertz CT molecular complexity index is 1090. The molecule has 6 nitrogen and oxygen atoms in total. The molecule has 0 aromatic heterocycles. The van der Waals surface area contributed by atoms with E-state index in [0.717, 1.165) is 22.0 Å². The molecule has 1 saturated carbocycles. The molecule has 0 heterocycles. The summed E-state index contributed by atoms with van der Waals surface area (Å²) in [7, 11) is 0. The summed E-state index contributed by atoms with van der Waals surface area (Å²) in [5.41, 5.74) is 9.55. The maximum Gasteiger partial charge on any atom is 0.408 e. The van der Waals surface area contributed by atoms with E-state index in [9.17, 15) is 9.59 Å². The van der Waals surface area contributed by atoms with Gasteiger partial charge in [-0.1, -0.05) is 70.5 Å². The number of anilines is 1. The summed E-state index contributed by atoms with van der Waals surface area (Å²) in [6.45, 7) is 0.115. The fraction of sp³-hybridized carbons (Fsp3) is 0.231. The molecule has 8 heteroatoms. The molecule has 3 atom stereocenters. The molecule has 3 aromatic rings. The van der Waals surface area contributed by atoms with Crippen LogP contribution < -0.4 is 16.4 Å². The molecule has 4 rings (SSSR count). The van der Waals surface area contributed by atoms with Gasteiger partial charge in [0, 0.05) is 28.5 Å². The van der Waals surface area contributed by atoms with Gasteiger partial charge in [0.05, 0.1) is 0 Å². The van der Waals surface area contributed by atoms with Gasteiger partial charge in [-0.2, -0.15) is 0 Å². The molecule has 4 N–H and O–H groups in total. The van der Waals surface area contributed by atoms with Crippen LogP contribution in [0.15, 0.2) is 83.3 Å². The predicted octanol–water partition coefficient (Wildman–Crippen LogP) is 5.16. The topological polar surface area (TPSA) is 93.5 Å². The Morgan fingerprint density at radius 3 is 2.24 bits per heavy atom. The first kappa shape index (κ1) is 25.7. The molecule has 0 saturated heterocycles. The third-order valence-corrected chi connectivity index (χ3v) is 6.15. The number of rotatable bonds is 8. The first-order chi connectivity index (χ1) is 16.0. The molecule has 1 aliphatic carbocycles. The largest absolute Gasteiger partial charge is 0.445 e. The van der Waals surface area contributed by atoms with Gasteiger partial charge in [-0.15, -0.1) is 12.4 Å². The van der Waals surface area contributed by atoms with Crippen molar-refractivity contribution < 1.29 is 14.3 Å². The lowest BCUT2D eigenvalue weighted by atomic mass is 10.1. The van der Waals surface area contributed by atoms with Gasteiger partial charge in [0.15, 0.2) is 0 Å². The maximum absolute atomic E-state index is 13.0. The molecular formula is C26H27BrClN3O3. The average molecular weight is 545 g/mol. The van der Waals surface area contributed by atoms with Gasteiger partial charge in [-0.05, 0) is 47.4 Å². The minimum absolute atomic E-state index is 0. The third-order valence-electron chi connectivity index (χ3n) is 5.62. The first-order valence-electron chi connectivity index (χ1n) is 10.9. The molecule has 1 unspecified atom stereocenters. The molecular weight excluding hydrogens is 518 g/mol. The summed E-state index contributed by atoms with van der Waals surface area (Å²) < 4.78 is 6.29. The second-order valence-electron chi connectivity index (χ2n) is 8.21. The minimum atomic E-state index is -0.790. The van der Waals surface area contributed by atoms with Crippen molar-refractivity contribution in [2.75, 3.05) is 5.32 Å². The van der Waals surface area contributed by atoms with Gasteiger partial charge in [0.1, 0.15) is 12.6 Å². The third kappa shape index (κ3) is 7.32. The van der Waals surface area contributed by atoms with Crippen LogP contribution in [0.3, 0.4) is 0 Å². The normalized spacial score (nSPS) is 17.1. The van der Waals surface area contributed by atoms with Crippen LogP contribution in [0.2, 0.25) is 0 Å². The summed E-state index contributed by atoms with van der Waals surface area (Å²) in [5.74, 6) is 0.0954. The summed E-state index contributed by atoms with van der Waals surface area (Å²) in [5, 5.41) is 5.61. The first-order valence-corrected chi connectivity index (χ1v) is 11.7. The van der Waals surface area contributed by atoms with E-state index in [4.69, 9.17) is 10.5 Å². The van der Waals surface area contributed by atoms with Crippen LogP contribution in [0.1, 0.15) is 29.0 Å². The van der Waals surface area contributed by atoms with E-state index in [1.54, 1.807) is 0 Å². The van der Waals surface area contributed by atoms with Crippen molar-refractivity contribution in [3.63, 3.8) is 0 Å². The summed E-state index contributed by atoms with van der Waals surface area (Å²) in [6, 6.07) is 24.2. The van der Waals surface area contributed by atoms with Gasteiger partial charge < -0.3 is 21.1 Å². The van der Waals surface area contributed by atoms with Crippen LogP contribution in [0.25, 0.3) is 0 Å². The number of halogens is 2. The van der Waals surface area contributed by atoms with Crippen molar-refractivity contribution >= 4 is 46.0 Å². The predicted molar refractivity (Wildman–Crippen MR) is 139 cm³/mol. The molecule has 0 aliphatic heterocycles. The second kappa shape index (κ2) is 12.0. The van der Waals surface area contributed by atoms with Gasteiger partial charge in [0.25, 0.3) is 0 Å². The Morgan fingerprint density at radius 1 is 0.971 bits per heavy atom. The molecule has 178 valence electrons. The summed E-state index contributed by atoms with van der Waals surface area (Å²) in [4.78, 5) is 25.5. The van der Waals surface area contributed by atoms with E-state index in [-0.39, 0.29) is 31.0 Å². The van der Waals surface area contributed by atoms with E-state index >= 15 is 0 Å². The van der Waals surface area contributed by atoms with Crippen molar-refractivity contribution in [3.05, 3.63) is 100 Å².